The molecule has 1 aromatic carbocycles. The Kier molecular flexibility index (Phi) is 5.25. The number of anilines is 1. The van der Waals surface area contributed by atoms with Gasteiger partial charge < -0.3 is 10.8 Å². The molecule has 0 saturated carbocycles. The first-order valence-corrected chi connectivity index (χ1v) is 7.01. The molecule has 120 valence electrons. The Bertz CT molecular complexity index is 875. The summed E-state index contributed by atoms with van der Waals surface area (Å²) in [5.74, 6) is 4.15. The van der Waals surface area contributed by atoms with Gasteiger partial charge in [-0.15, -0.1) is 0 Å². The molecule has 24 heavy (non-hydrogen) atoms. The summed E-state index contributed by atoms with van der Waals surface area (Å²) in [7, 11) is 0. The third-order valence-corrected chi connectivity index (χ3v) is 3.30. The standard InChI is InChI=1S/C19H15FN2O2/c1-3-5-6-12-7-9-13(10-8-12)18-16(20)17(21)14(4-2)19(22-18)15(24)11-23/h3-4,7-10,23H,1-2,11H2,(H2,21,22). The smallest absolute Gasteiger partial charge is 0.207 e. The predicted octanol–water partition coefficient (Wildman–Crippen LogP) is 2.83. The lowest BCUT2D eigenvalue weighted by atomic mass is 10.0. The summed E-state index contributed by atoms with van der Waals surface area (Å²) < 4.78 is 14.5. The number of benzene rings is 1. The highest BCUT2D eigenvalue weighted by molar-refractivity contribution is 6.00. The lowest BCUT2D eigenvalue weighted by molar-refractivity contribution is 0.0898. The molecule has 1 aromatic heterocycles. The van der Waals surface area contributed by atoms with Crippen LogP contribution in [0.5, 0.6) is 0 Å². The number of pyridine rings is 1. The quantitative estimate of drug-likeness (QED) is 0.670. The van der Waals surface area contributed by atoms with Crippen molar-refractivity contribution in [2.75, 3.05) is 12.3 Å². The molecule has 5 heteroatoms. The lowest BCUT2D eigenvalue weighted by Gasteiger charge is -2.12. The van der Waals surface area contributed by atoms with Crippen molar-refractivity contribution in [3.8, 4) is 23.1 Å². The molecule has 0 unspecified atom stereocenters. The van der Waals surface area contributed by atoms with E-state index in [1.807, 2.05) is 0 Å². The van der Waals surface area contributed by atoms with Gasteiger partial charge in [-0.3, -0.25) is 4.79 Å². The Balaban J connectivity index is 2.62. The Morgan fingerprint density at radius 1 is 1.33 bits per heavy atom. The van der Waals surface area contributed by atoms with Gasteiger partial charge in [-0.1, -0.05) is 43.2 Å². The number of Topliss-reactive ketones (excluding diaryl/α,β-unsaturated/α-hetero) is 1. The first-order chi connectivity index (χ1) is 11.5. The highest BCUT2D eigenvalue weighted by Gasteiger charge is 2.21. The molecule has 1 heterocycles. The van der Waals surface area contributed by atoms with Gasteiger partial charge in [0.25, 0.3) is 0 Å². The number of hydrogen-bond donors (Lipinski definition) is 2. The predicted molar refractivity (Wildman–Crippen MR) is 92.6 cm³/mol. The van der Waals surface area contributed by atoms with Crippen LogP contribution in [0.3, 0.4) is 0 Å². The average Bonchev–Trinajstić information content (AvgIpc) is 2.61. The summed E-state index contributed by atoms with van der Waals surface area (Å²) in [6.07, 6.45) is 2.71. The van der Waals surface area contributed by atoms with Crippen LogP contribution in [0.25, 0.3) is 17.3 Å². The minimum Gasteiger partial charge on any atom is -0.396 e. The minimum atomic E-state index is -0.756. The maximum atomic E-state index is 14.5. The van der Waals surface area contributed by atoms with Crippen LogP contribution in [0, 0.1) is 17.7 Å². The second-order valence-electron chi connectivity index (χ2n) is 4.79. The van der Waals surface area contributed by atoms with Gasteiger partial charge >= 0.3 is 0 Å². The fourth-order valence-corrected chi connectivity index (χ4v) is 2.13. The van der Waals surface area contributed by atoms with Crippen LogP contribution in [-0.4, -0.2) is 22.5 Å². The molecule has 4 nitrogen and oxygen atoms in total. The third-order valence-electron chi connectivity index (χ3n) is 3.30. The van der Waals surface area contributed by atoms with E-state index in [9.17, 15) is 9.18 Å². The molecule has 2 rings (SSSR count). The molecule has 0 spiro atoms. The first kappa shape index (κ1) is 17.1. The Morgan fingerprint density at radius 3 is 2.54 bits per heavy atom. The van der Waals surface area contributed by atoms with Gasteiger partial charge in [0.2, 0.25) is 5.78 Å². The number of aliphatic hydroxyl groups is 1. The van der Waals surface area contributed by atoms with Crippen molar-refractivity contribution in [2.45, 2.75) is 0 Å². The molecule has 0 fully saturated rings. The van der Waals surface area contributed by atoms with E-state index < -0.39 is 18.2 Å². The molecule has 0 radical (unpaired) electrons. The number of nitrogen functional groups attached to an aromatic ring is 1. The Hall–Kier alpha value is -3.23. The largest absolute Gasteiger partial charge is 0.396 e. The number of aromatic nitrogens is 1. The average molecular weight is 322 g/mol. The fourth-order valence-electron chi connectivity index (χ4n) is 2.13. The number of halogens is 1. The number of allylic oxidation sites excluding steroid dienone is 1. The van der Waals surface area contributed by atoms with Gasteiger partial charge in [-0.2, -0.15) is 0 Å². The lowest BCUT2D eigenvalue weighted by Crippen LogP contribution is -2.13. The number of hydrogen-bond acceptors (Lipinski definition) is 4. The molecule has 0 atom stereocenters. The molecule has 0 saturated heterocycles. The van der Waals surface area contributed by atoms with Crippen molar-refractivity contribution in [3.63, 3.8) is 0 Å². The van der Waals surface area contributed by atoms with Crippen LogP contribution < -0.4 is 5.73 Å². The van der Waals surface area contributed by atoms with Gasteiger partial charge in [-0.25, -0.2) is 9.37 Å². The zero-order valence-electron chi connectivity index (χ0n) is 12.8. The summed E-state index contributed by atoms with van der Waals surface area (Å²) >= 11 is 0. The summed E-state index contributed by atoms with van der Waals surface area (Å²) in [5.41, 5.74) is 6.58. The third kappa shape index (κ3) is 3.24. The van der Waals surface area contributed by atoms with Crippen molar-refractivity contribution in [3.05, 3.63) is 66.1 Å². The minimum absolute atomic E-state index is 0.0712. The molecule has 2 aromatic rings. The van der Waals surface area contributed by atoms with Gasteiger partial charge in [0.05, 0.1) is 5.69 Å². The van der Waals surface area contributed by atoms with E-state index in [1.54, 1.807) is 24.3 Å². The summed E-state index contributed by atoms with van der Waals surface area (Å²) in [4.78, 5) is 15.9. The second kappa shape index (κ2) is 7.36. The van der Waals surface area contributed by atoms with E-state index >= 15 is 0 Å². The van der Waals surface area contributed by atoms with Gasteiger partial charge in [0, 0.05) is 16.7 Å². The van der Waals surface area contributed by atoms with Gasteiger partial charge in [0.1, 0.15) is 18.0 Å². The fraction of sp³-hybridized carbons (Fsp3) is 0.0526. The second-order valence-corrected chi connectivity index (χ2v) is 4.79. The SMILES string of the molecule is C=CC#Cc1ccc(-c2nc(C(=O)CO)c(C=C)c(N)c2F)cc1. The molecule has 0 aliphatic heterocycles. The van der Waals surface area contributed by atoms with Crippen molar-refractivity contribution in [1.29, 1.82) is 0 Å². The molecule has 0 amide bonds. The number of carbonyl (C=O) groups excluding carboxylic acids is 1. The van der Waals surface area contributed by atoms with E-state index in [0.717, 1.165) is 5.56 Å². The van der Waals surface area contributed by atoms with Crippen molar-refractivity contribution >= 4 is 17.5 Å². The van der Waals surface area contributed by atoms with E-state index in [0.29, 0.717) is 5.56 Å². The van der Waals surface area contributed by atoms with E-state index in [1.165, 1.54) is 12.2 Å². The topological polar surface area (TPSA) is 76.2 Å². The number of nitrogens with zero attached hydrogens (tertiary/aromatic N) is 1. The molecule has 0 aliphatic carbocycles. The van der Waals surface area contributed by atoms with Crippen molar-refractivity contribution < 1.29 is 14.3 Å². The summed E-state index contributed by atoms with van der Waals surface area (Å²) in [6, 6.07) is 6.63. The van der Waals surface area contributed by atoms with Crippen LogP contribution >= 0.6 is 0 Å². The Morgan fingerprint density at radius 2 is 2.00 bits per heavy atom. The maximum absolute atomic E-state index is 14.5. The summed E-state index contributed by atoms with van der Waals surface area (Å²) in [5, 5.41) is 9.07. The monoisotopic (exact) mass is 322 g/mol. The van der Waals surface area contributed by atoms with Crippen LogP contribution in [0.2, 0.25) is 0 Å². The van der Waals surface area contributed by atoms with Crippen LogP contribution in [0.15, 0.2) is 43.5 Å². The van der Waals surface area contributed by atoms with Crippen LogP contribution in [0.4, 0.5) is 10.1 Å². The highest BCUT2D eigenvalue weighted by Crippen LogP contribution is 2.30. The Labute approximate surface area is 139 Å². The van der Waals surface area contributed by atoms with Crippen LogP contribution in [-0.2, 0) is 0 Å². The zero-order chi connectivity index (χ0) is 17.7. The zero-order valence-corrected chi connectivity index (χ0v) is 12.8. The molecule has 0 bridgehead atoms. The number of rotatable bonds is 4. The summed E-state index contributed by atoms with van der Waals surface area (Å²) in [6.45, 7) is 6.26. The normalized spacial score (nSPS) is 9.75. The van der Waals surface area contributed by atoms with Gasteiger partial charge in [-0.05, 0) is 18.2 Å². The van der Waals surface area contributed by atoms with E-state index in [2.05, 4.69) is 30.0 Å². The first-order valence-electron chi connectivity index (χ1n) is 7.01. The van der Waals surface area contributed by atoms with E-state index in [4.69, 9.17) is 10.8 Å². The van der Waals surface area contributed by atoms with Crippen molar-refractivity contribution in [1.82, 2.24) is 4.98 Å². The molecular formula is C19H15FN2O2. The van der Waals surface area contributed by atoms with Crippen LogP contribution in [0.1, 0.15) is 21.6 Å². The van der Waals surface area contributed by atoms with E-state index in [-0.39, 0.29) is 22.6 Å². The number of aliphatic hydroxyl groups excluding tert-OH is 1. The maximum Gasteiger partial charge on any atom is 0.207 e. The molecular weight excluding hydrogens is 307 g/mol. The molecule has 0 aliphatic rings. The highest BCUT2D eigenvalue weighted by atomic mass is 19.1. The molecule has 3 N–H and O–H groups in total. The number of nitrogens with two attached hydrogens (primary N) is 1. The van der Waals surface area contributed by atoms with Crippen molar-refractivity contribution in [2.24, 2.45) is 0 Å². The number of ketones is 1. The number of carbonyl (C=O) groups is 1. The van der Waals surface area contributed by atoms with Gasteiger partial charge in [0.15, 0.2) is 5.82 Å².